The lowest BCUT2D eigenvalue weighted by Gasteiger charge is -2.19. The molecule has 1 aliphatic heterocycles. The lowest BCUT2D eigenvalue weighted by molar-refractivity contribution is -0.147. The summed E-state index contributed by atoms with van der Waals surface area (Å²) in [7, 11) is 0. The zero-order chi connectivity index (χ0) is 13.3. The lowest BCUT2D eigenvalue weighted by Crippen LogP contribution is -2.34. The van der Waals surface area contributed by atoms with E-state index in [0.29, 0.717) is 18.7 Å². The van der Waals surface area contributed by atoms with Crippen molar-refractivity contribution in [1.29, 1.82) is 0 Å². The third-order valence-corrected chi connectivity index (χ3v) is 3.35. The molecular weight excluding hydrogens is 236 g/mol. The third kappa shape index (κ3) is 2.11. The number of carbonyl (C=O) groups is 2. The molecule has 3 N–H and O–H groups in total. The van der Waals surface area contributed by atoms with E-state index in [2.05, 4.69) is 0 Å². The predicted molar refractivity (Wildman–Crippen MR) is 62.9 cm³/mol. The fourth-order valence-corrected chi connectivity index (χ4v) is 2.07. The Morgan fingerprint density at radius 2 is 2.28 bits per heavy atom. The minimum atomic E-state index is -0.875. The molecule has 0 radical (unpaired) electrons. The highest BCUT2D eigenvalue weighted by Crippen LogP contribution is 2.31. The number of likely N-dealkylation sites (tertiary alicyclic amines) is 1. The molecule has 0 bridgehead atoms. The molecule has 1 unspecified atom stereocenters. The van der Waals surface area contributed by atoms with E-state index < -0.39 is 11.4 Å². The SMILES string of the molecule is CC1(C(=O)O)CCN(C(=O)c2ccc(CN)o2)C1. The Morgan fingerprint density at radius 3 is 2.78 bits per heavy atom. The Hall–Kier alpha value is -1.82. The number of carbonyl (C=O) groups excluding carboxylic acids is 1. The van der Waals surface area contributed by atoms with E-state index in [-0.39, 0.29) is 24.8 Å². The summed E-state index contributed by atoms with van der Waals surface area (Å²) in [6.45, 7) is 2.52. The van der Waals surface area contributed by atoms with Crippen molar-refractivity contribution < 1.29 is 19.1 Å². The van der Waals surface area contributed by atoms with Gasteiger partial charge in [0.05, 0.1) is 12.0 Å². The second-order valence-electron chi connectivity index (χ2n) is 4.81. The number of carboxylic acid groups (broad SMARTS) is 1. The van der Waals surface area contributed by atoms with Crippen LogP contribution in [0.5, 0.6) is 0 Å². The van der Waals surface area contributed by atoms with Crippen LogP contribution in [0.15, 0.2) is 16.5 Å². The van der Waals surface area contributed by atoms with Crippen LogP contribution < -0.4 is 5.73 Å². The molecule has 0 aliphatic carbocycles. The molecule has 1 aromatic rings. The molecule has 1 atom stereocenters. The quantitative estimate of drug-likeness (QED) is 0.824. The summed E-state index contributed by atoms with van der Waals surface area (Å²) in [6, 6.07) is 3.22. The monoisotopic (exact) mass is 252 g/mol. The van der Waals surface area contributed by atoms with Crippen molar-refractivity contribution >= 4 is 11.9 Å². The Labute approximate surface area is 104 Å². The van der Waals surface area contributed by atoms with Crippen molar-refractivity contribution in [3.8, 4) is 0 Å². The number of aliphatic carboxylic acids is 1. The fraction of sp³-hybridized carbons (Fsp3) is 0.500. The summed E-state index contributed by atoms with van der Waals surface area (Å²) in [5, 5.41) is 9.11. The van der Waals surface area contributed by atoms with Gasteiger partial charge in [-0.2, -0.15) is 0 Å². The van der Waals surface area contributed by atoms with Gasteiger partial charge in [-0.3, -0.25) is 9.59 Å². The molecule has 1 fully saturated rings. The number of nitrogens with zero attached hydrogens (tertiary/aromatic N) is 1. The number of nitrogens with two attached hydrogens (primary N) is 1. The van der Waals surface area contributed by atoms with Gasteiger partial charge in [-0.1, -0.05) is 0 Å². The van der Waals surface area contributed by atoms with Crippen molar-refractivity contribution in [1.82, 2.24) is 4.90 Å². The van der Waals surface area contributed by atoms with E-state index in [1.807, 2.05) is 0 Å². The molecule has 0 spiro atoms. The van der Waals surface area contributed by atoms with Gasteiger partial charge in [0.1, 0.15) is 5.76 Å². The third-order valence-electron chi connectivity index (χ3n) is 3.35. The minimum Gasteiger partial charge on any atom is -0.481 e. The average molecular weight is 252 g/mol. The fourth-order valence-electron chi connectivity index (χ4n) is 2.07. The standard InChI is InChI=1S/C12H16N2O4/c1-12(11(16)17)4-5-14(7-12)10(15)9-3-2-8(6-13)18-9/h2-3H,4-7,13H2,1H3,(H,16,17). The van der Waals surface area contributed by atoms with Crippen LogP contribution in [0.3, 0.4) is 0 Å². The second-order valence-corrected chi connectivity index (χ2v) is 4.81. The highest BCUT2D eigenvalue weighted by Gasteiger charge is 2.42. The van der Waals surface area contributed by atoms with E-state index in [1.165, 1.54) is 4.90 Å². The van der Waals surface area contributed by atoms with Gasteiger partial charge < -0.3 is 20.2 Å². The molecular formula is C12H16N2O4. The molecule has 18 heavy (non-hydrogen) atoms. The number of furan rings is 1. The molecule has 0 saturated carbocycles. The zero-order valence-electron chi connectivity index (χ0n) is 10.2. The average Bonchev–Trinajstić information content (AvgIpc) is 2.95. The van der Waals surface area contributed by atoms with Gasteiger partial charge in [-0.05, 0) is 25.5 Å². The van der Waals surface area contributed by atoms with Crippen LogP contribution in [-0.4, -0.2) is 35.0 Å². The number of rotatable bonds is 3. The highest BCUT2D eigenvalue weighted by atomic mass is 16.4. The van der Waals surface area contributed by atoms with Crippen molar-refractivity contribution in [2.45, 2.75) is 19.9 Å². The highest BCUT2D eigenvalue weighted by molar-refractivity contribution is 5.92. The first-order valence-electron chi connectivity index (χ1n) is 5.78. The smallest absolute Gasteiger partial charge is 0.311 e. The maximum atomic E-state index is 12.1. The maximum absolute atomic E-state index is 12.1. The molecule has 1 aromatic heterocycles. The first-order valence-corrected chi connectivity index (χ1v) is 5.78. The van der Waals surface area contributed by atoms with Crippen molar-refractivity contribution in [2.24, 2.45) is 11.1 Å². The molecule has 2 heterocycles. The predicted octanol–water partition coefficient (Wildman–Crippen LogP) is 0.675. The van der Waals surface area contributed by atoms with Crippen LogP contribution in [0.1, 0.15) is 29.7 Å². The second kappa shape index (κ2) is 4.45. The van der Waals surface area contributed by atoms with Gasteiger partial charge in [0, 0.05) is 13.1 Å². The number of hydrogen-bond acceptors (Lipinski definition) is 4. The van der Waals surface area contributed by atoms with Crippen molar-refractivity contribution in [2.75, 3.05) is 13.1 Å². The molecule has 2 rings (SSSR count). The molecule has 98 valence electrons. The van der Waals surface area contributed by atoms with Crippen molar-refractivity contribution in [3.05, 3.63) is 23.7 Å². The van der Waals surface area contributed by atoms with Gasteiger partial charge in [-0.15, -0.1) is 0 Å². The summed E-state index contributed by atoms with van der Waals surface area (Å²) in [5.74, 6) is -0.400. The summed E-state index contributed by atoms with van der Waals surface area (Å²) in [5.41, 5.74) is 4.54. The van der Waals surface area contributed by atoms with Gasteiger partial charge in [0.25, 0.3) is 5.91 Å². The molecule has 0 aromatic carbocycles. The van der Waals surface area contributed by atoms with Crippen molar-refractivity contribution in [3.63, 3.8) is 0 Å². The largest absolute Gasteiger partial charge is 0.481 e. The van der Waals surface area contributed by atoms with Crippen LogP contribution >= 0.6 is 0 Å². The number of hydrogen-bond donors (Lipinski definition) is 2. The van der Waals surface area contributed by atoms with Crippen LogP contribution in [0, 0.1) is 5.41 Å². The summed E-state index contributed by atoms with van der Waals surface area (Å²) >= 11 is 0. The van der Waals surface area contributed by atoms with E-state index in [1.54, 1.807) is 19.1 Å². The normalized spacial score (nSPS) is 23.3. The van der Waals surface area contributed by atoms with Gasteiger partial charge in [0.2, 0.25) is 0 Å². The van der Waals surface area contributed by atoms with E-state index >= 15 is 0 Å². The molecule has 6 heteroatoms. The summed E-state index contributed by atoms with van der Waals surface area (Å²) < 4.78 is 5.27. The number of amides is 1. The molecule has 6 nitrogen and oxygen atoms in total. The van der Waals surface area contributed by atoms with Gasteiger partial charge in [0.15, 0.2) is 5.76 Å². The molecule has 1 aliphatic rings. The summed E-state index contributed by atoms with van der Waals surface area (Å²) in [4.78, 5) is 24.7. The van der Waals surface area contributed by atoms with Gasteiger partial charge >= 0.3 is 5.97 Å². The van der Waals surface area contributed by atoms with E-state index in [0.717, 1.165) is 0 Å². The topological polar surface area (TPSA) is 96.8 Å². The van der Waals surface area contributed by atoms with Crippen LogP contribution in [0.4, 0.5) is 0 Å². The van der Waals surface area contributed by atoms with Crippen LogP contribution in [0.25, 0.3) is 0 Å². The Bertz CT molecular complexity index is 482. The maximum Gasteiger partial charge on any atom is 0.311 e. The molecule has 1 amide bonds. The number of carboxylic acids is 1. The first kappa shape index (κ1) is 12.6. The Balaban J connectivity index is 2.10. The van der Waals surface area contributed by atoms with Crippen LogP contribution in [-0.2, 0) is 11.3 Å². The zero-order valence-corrected chi connectivity index (χ0v) is 10.2. The summed E-state index contributed by atoms with van der Waals surface area (Å²) in [6.07, 6.45) is 0.457. The minimum absolute atomic E-state index is 0.208. The van der Waals surface area contributed by atoms with Crippen LogP contribution in [0.2, 0.25) is 0 Å². The lowest BCUT2D eigenvalue weighted by atomic mass is 9.90. The van der Waals surface area contributed by atoms with Gasteiger partial charge in [-0.25, -0.2) is 0 Å². The van der Waals surface area contributed by atoms with E-state index in [9.17, 15) is 9.59 Å². The Kier molecular flexibility index (Phi) is 3.13. The molecule has 1 saturated heterocycles. The Morgan fingerprint density at radius 1 is 1.56 bits per heavy atom. The van der Waals surface area contributed by atoms with E-state index in [4.69, 9.17) is 15.3 Å². The first-order chi connectivity index (χ1) is 8.46.